The second-order valence-electron chi connectivity index (χ2n) is 3.56. The van der Waals surface area contributed by atoms with Crippen LogP contribution in [0.1, 0.15) is 0 Å². The third-order valence-electron chi connectivity index (χ3n) is 2.46. The van der Waals surface area contributed by atoms with Gasteiger partial charge in [0.1, 0.15) is 4.21 Å². The lowest BCUT2D eigenvalue weighted by Gasteiger charge is -2.32. The van der Waals surface area contributed by atoms with Crippen LogP contribution in [-0.2, 0) is 14.8 Å². The van der Waals surface area contributed by atoms with Crippen molar-refractivity contribution in [2.24, 2.45) is 0 Å². The lowest BCUT2D eigenvalue weighted by atomic mass is 10.3. The van der Waals surface area contributed by atoms with Crippen molar-refractivity contribution in [2.75, 3.05) is 25.1 Å². The SMILES string of the molecule is O=S(=O)(c1ccc(Br)s1)N1CCOCC1CBr. The topological polar surface area (TPSA) is 46.6 Å². The van der Waals surface area contributed by atoms with Crippen LogP contribution in [0.15, 0.2) is 20.1 Å². The quantitative estimate of drug-likeness (QED) is 0.726. The van der Waals surface area contributed by atoms with Gasteiger partial charge in [0.2, 0.25) is 0 Å². The van der Waals surface area contributed by atoms with Gasteiger partial charge >= 0.3 is 0 Å². The highest BCUT2D eigenvalue weighted by molar-refractivity contribution is 9.11. The lowest BCUT2D eigenvalue weighted by Crippen LogP contribution is -2.49. The Balaban J connectivity index is 2.30. The third kappa shape index (κ3) is 2.93. The fraction of sp³-hybridized carbons (Fsp3) is 0.556. The maximum Gasteiger partial charge on any atom is 0.253 e. The molecule has 4 nitrogen and oxygen atoms in total. The van der Waals surface area contributed by atoms with Crippen LogP contribution >= 0.6 is 43.2 Å². The molecule has 1 atom stereocenters. The molecule has 0 saturated carbocycles. The van der Waals surface area contributed by atoms with E-state index in [2.05, 4.69) is 31.9 Å². The Morgan fingerprint density at radius 2 is 2.29 bits per heavy atom. The predicted octanol–water partition coefficient (Wildman–Crippen LogP) is 2.30. The maximum absolute atomic E-state index is 12.4. The van der Waals surface area contributed by atoms with Crippen molar-refractivity contribution in [1.29, 1.82) is 0 Å². The van der Waals surface area contributed by atoms with Crippen LogP contribution in [0.3, 0.4) is 0 Å². The Morgan fingerprint density at radius 1 is 1.53 bits per heavy atom. The fourth-order valence-electron chi connectivity index (χ4n) is 1.63. The van der Waals surface area contributed by atoms with Crippen molar-refractivity contribution >= 4 is 53.2 Å². The van der Waals surface area contributed by atoms with Gasteiger partial charge in [-0.3, -0.25) is 0 Å². The molecule has 8 heteroatoms. The number of alkyl halides is 1. The van der Waals surface area contributed by atoms with Crippen molar-refractivity contribution in [3.8, 4) is 0 Å². The van der Waals surface area contributed by atoms with E-state index >= 15 is 0 Å². The van der Waals surface area contributed by atoms with Gasteiger partial charge in [-0.25, -0.2) is 8.42 Å². The summed E-state index contributed by atoms with van der Waals surface area (Å²) in [5.41, 5.74) is 0. The molecule has 1 aliphatic rings. The van der Waals surface area contributed by atoms with Crippen LogP contribution in [0.25, 0.3) is 0 Å². The van der Waals surface area contributed by atoms with Gasteiger partial charge in [-0.2, -0.15) is 4.31 Å². The van der Waals surface area contributed by atoms with E-state index in [1.807, 2.05) is 0 Å². The summed E-state index contributed by atoms with van der Waals surface area (Å²) in [6, 6.07) is 3.25. The van der Waals surface area contributed by atoms with E-state index < -0.39 is 10.0 Å². The summed E-state index contributed by atoms with van der Waals surface area (Å²) in [5.74, 6) is 0. The highest BCUT2D eigenvalue weighted by atomic mass is 79.9. The number of sulfonamides is 1. The van der Waals surface area contributed by atoms with Crippen molar-refractivity contribution in [3.63, 3.8) is 0 Å². The number of nitrogens with zero attached hydrogens (tertiary/aromatic N) is 1. The van der Waals surface area contributed by atoms with E-state index in [0.717, 1.165) is 3.79 Å². The molecule has 0 radical (unpaired) electrons. The molecule has 1 aromatic heterocycles. The van der Waals surface area contributed by atoms with Gasteiger partial charge in [0.25, 0.3) is 10.0 Å². The normalized spacial score (nSPS) is 22.8. The number of rotatable bonds is 3. The predicted molar refractivity (Wildman–Crippen MR) is 74.3 cm³/mol. The van der Waals surface area contributed by atoms with Crippen LogP contribution in [0.4, 0.5) is 0 Å². The fourth-order valence-corrected chi connectivity index (χ4v) is 6.09. The summed E-state index contributed by atoms with van der Waals surface area (Å²) in [4.78, 5) is 0. The molecular weight excluding hydrogens is 394 g/mol. The molecular formula is C9H11Br2NO3S2. The van der Waals surface area contributed by atoms with Crippen molar-refractivity contribution in [3.05, 3.63) is 15.9 Å². The number of morpholine rings is 1. The molecule has 17 heavy (non-hydrogen) atoms. The van der Waals surface area contributed by atoms with E-state index in [1.54, 1.807) is 12.1 Å². The zero-order valence-electron chi connectivity index (χ0n) is 8.80. The summed E-state index contributed by atoms with van der Waals surface area (Å²) in [7, 11) is -3.39. The molecule has 0 bridgehead atoms. The smallest absolute Gasteiger partial charge is 0.253 e. The number of halogens is 2. The van der Waals surface area contributed by atoms with Crippen LogP contribution < -0.4 is 0 Å². The number of thiophene rings is 1. The molecule has 2 rings (SSSR count). The minimum atomic E-state index is -3.39. The zero-order valence-corrected chi connectivity index (χ0v) is 13.6. The monoisotopic (exact) mass is 403 g/mol. The standard InChI is InChI=1S/C9H11Br2NO3S2/c10-5-7-6-15-4-3-12(7)17(13,14)9-2-1-8(11)16-9/h1-2,7H,3-6H2. The van der Waals surface area contributed by atoms with E-state index in [1.165, 1.54) is 15.6 Å². The first-order chi connectivity index (χ1) is 8.05. The van der Waals surface area contributed by atoms with E-state index in [-0.39, 0.29) is 6.04 Å². The minimum absolute atomic E-state index is 0.130. The Labute approximate surface area is 121 Å². The molecule has 0 amide bonds. The molecule has 0 aliphatic carbocycles. The highest BCUT2D eigenvalue weighted by Gasteiger charge is 2.34. The Bertz CT molecular complexity index is 488. The lowest BCUT2D eigenvalue weighted by molar-refractivity contribution is 0.0414. The Kier molecular flexibility index (Phi) is 4.65. The Morgan fingerprint density at radius 3 is 2.88 bits per heavy atom. The second kappa shape index (κ2) is 5.66. The molecule has 96 valence electrons. The van der Waals surface area contributed by atoms with Gasteiger partial charge in [-0.1, -0.05) is 15.9 Å². The number of ether oxygens (including phenoxy) is 1. The molecule has 0 spiro atoms. The van der Waals surface area contributed by atoms with Crippen LogP contribution in [0.2, 0.25) is 0 Å². The first kappa shape index (κ1) is 14.0. The van der Waals surface area contributed by atoms with Crippen molar-refractivity contribution in [1.82, 2.24) is 4.31 Å². The van der Waals surface area contributed by atoms with Gasteiger partial charge in [0, 0.05) is 11.9 Å². The molecule has 1 fully saturated rings. The zero-order chi connectivity index (χ0) is 12.5. The molecule has 1 aromatic rings. The number of hydrogen-bond acceptors (Lipinski definition) is 4. The second-order valence-corrected chi connectivity index (χ2v) is 8.79. The first-order valence-electron chi connectivity index (χ1n) is 4.96. The van der Waals surface area contributed by atoms with Crippen LogP contribution in [0.5, 0.6) is 0 Å². The van der Waals surface area contributed by atoms with Crippen molar-refractivity contribution in [2.45, 2.75) is 10.3 Å². The molecule has 1 saturated heterocycles. The minimum Gasteiger partial charge on any atom is -0.378 e. The average molecular weight is 405 g/mol. The number of hydrogen-bond donors (Lipinski definition) is 0. The summed E-state index contributed by atoms with van der Waals surface area (Å²) in [6.45, 7) is 1.31. The molecule has 2 heterocycles. The van der Waals surface area contributed by atoms with E-state index in [0.29, 0.717) is 29.3 Å². The Hall–Kier alpha value is 0.530. The van der Waals surface area contributed by atoms with Crippen molar-refractivity contribution < 1.29 is 13.2 Å². The first-order valence-corrected chi connectivity index (χ1v) is 9.13. The summed E-state index contributed by atoms with van der Waals surface area (Å²) in [6.07, 6.45) is 0. The van der Waals surface area contributed by atoms with E-state index in [9.17, 15) is 8.42 Å². The van der Waals surface area contributed by atoms with Gasteiger partial charge in [0.15, 0.2) is 0 Å². The van der Waals surface area contributed by atoms with Gasteiger partial charge in [-0.05, 0) is 28.1 Å². The summed E-state index contributed by atoms with van der Waals surface area (Å²) >= 11 is 7.84. The van der Waals surface area contributed by atoms with Gasteiger partial charge in [0.05, 0.1) is 23.0 Å². The largest absolute Gasteiger partial charge is 0.378 e. The molecule has 1 aliphatic heterocycles. The van der Waals surface area contributed by atoms with Crippen LogP contribution in [0, 0.1) is 0 Å². The van der Waals surface area contributed by atoms with Gasteiger partial charge in [-0.15, -0.1) is 11.3 Å². The average Bonchev–Trinajstić information content (AvgIpc) is 2.76. The van der Waals surface area contributed by atoms with E-state index in [4.69, 9.17) is 4.74 Å². The molecule has 0 aromatic carbocycles. The maximum atomic E-state index is 12.4. The molecule has 0 N–H and O–H groups in total. The molecule has 1 unspecified atom stereocenters. The summed E-state index contributed by atoms with van der Waals surface area (Å²) < 4.78 is 32.8. The third-order valence-corrected chi connectivity index (χ3v) is 7.25. The van der Waals surface area contributed by atoms with Gasteiger partial charge < -0.3 is 4.74 Å². The van der Waals surface area contributed by atoms with Crippen LogP contribution in [-0.4, -0.2) is 43.9 Å². The highest BCUT2D eigenvalue weighted by Crippen LogP contribution is 2.30. The summed E-state index contributed by atoms with van der Waals surface area (Å²) in [5, 5.41) is 0.582.